The number of nitrogens with zero attached hydrogens (tertiary/aromatic N) is 3. The fraction of sp³-hybridized carbons (Fsp3) is 0.310. The predicted octanol–water partition coefficient (Wildman–Crippen LogP) is 6.01. The lowest BCUT2D eigenvalue weighted by molar-refractivity contribution is -0.385. The van der Waals surface area contributed by atoms with Crippen molar-refractivity contribution in [3.63, 3.8) is 0 Å². The van der Waals surface area contributed by atoms with E-state index in [-0.39, 0.29) is 33.6 Å². The third-order valence-electron chi connectivity index (χ3n) is 6.73. The van der Waals surface area contributed by atoms with Crippen LogP contribution in [0.1, 0.15) is 31.4 Å². The molecule has 0 saturated carbocycles. The maximum Gasteiger partial charge on any atom is 0.273 e. The number of methoxy groups -OCH3 is 1. The van der Waals surface area contributed by atoms with Gasteiger partial charge in [-0.05, 0) is 62.2 Å². The summed E-state index contributed by atoms with van der Waals surface area (Å²) in [5.74, 6) is -1.18. The van der Waals surface area contributed by atoms with Crippen LogP contribution >= 0.6 is 34.8 Å². The van der Waals surface area contributed by atoms with Crippen molar-refractivity contribution in [3.8, 4) is 5.75 Å². The van der Waals surface area contributed by atoms with Crippen LogP contribution in [0.25, 0.3) is 0 Å². The van der Waals surface area contributed by atoms with E-state index in [1.54, 1.807) is 12.1 Å². The summed E-state index contributed by atoms with van der Waals surface area (Å²) in [5.41, 5.74) is 0.193. The van der Waals surface area contributed by atoms with Crippen LogP contribution in [0.4, 0.5) is 11.4 Å². The van der Waals surface area contributed by atoms with Gasteiger partial charge in [-0.15, -0.1) is 0 Å². The first-order valence-corrected chi connectivity index (χ1v) is 15.9. The molecule has 0 radical (unpaired) electrons. The molecule has 44 heavy (non-hydrogen) atoms. The van der Waals surface area contributed by atoms with Gasteiger partial charge < -0.3 is 15.0 Å². The average Bonchev–Trinajstić information content (AvgIpc) is 2.97. The molecule has 2 amide bonds. The number of nitro groups is 1. The van der Waals surface area contributed by atoms with Gasteiger partial charge in [0.25, 0.3) is 15.7 Å². The summed E-state index contributed by atoms with van der Waals surface area (Å²) < 4.78 is 34.5. The number of nitrogens with one attached hydrogen (secondary N) is 1. The zero-order valence-electron chi connectivity index (χ0n) is 24.3. The van der Waals surface area contributed by atoms with Crippen LogP contribution in [-0.2, 0) is 26.2 Å². The van der Waals surface area contributed by atoms with Gasteiger partial charge in [-0.1, -0.05) is 53.9 Å². The Morgan fingerprint density at radius 1 is 1.05 bits per heavy atom. The van der Waals surface area contributed by atoms with Crippen LogP contribution in [0.5, 0.6) is 5.75 Å². The van der Waals surface area contributed by atoms with Crippen molar-refractivity contribution in [1.29, 1.82) is 0 Å². The summed E-state index contributed by atoms with van der Waals surface area (Å²) in [6.07, 6.45) is 0.651. The molecule has 11 nitrogen and oxygen atoms in total. The molecular weight excluding hydrogens is 655 g/mol. The summed E-state index contributed by atoms with van der Waals surface area (Å²) in [6, 6.07) is 11.2. The van der Waals surface area contributed by atoms with Crippen LogP contribution in [-0.4, -0.2) is 56.3 Å². The Bertz CT molecular complexity index is 1670. The predicted molar refractivity (Wildman–Crippen MR) is 170 cm³/mol. The topological polar surface area (TPSA) is 139 Å². The van der Waals surface area contributed by atoms with Gasteiger partial charge >= 0.3 is 0 Å². The molecule has 3 rings (SSSR count). The van der Waals surface area contributed by atoms with E-state index >= 15 is 0 Å². The lowest BCUT2D eigenvalue weighted by Crippen LogP contribution is -2.51. The maximum atomic E-state index is 14.2. The highest BCUT2D eigenvalue weighted by molar-refractivity contribution is 7.92. The highest BCUT2D eigenvalue weighted by Crippen LogP contribution is 2.36. The summed E-state index contributed by atoms with van der Waals surface area (Å²) in [4.78, 5) is 38.8. The van der Waals surface area contributed by atoms with Gasteiger partial charge in [0.2, 0.25) is 11.8 Å². The quantitative estimate of drug-likeness (QED) is 0.172. The Balaban J connectivity index is 2.17. The molecule has 0 aromatic heterocycles. The number of halogens is 3. The van der Waals surface area contributed by atoms with E-state index in [1.165, 1.54) is 62.3 Å². The lowest BCUT2D eigenvalue weighted by Gasteiger charge is -2.32. The van der Waals surface area contributed by atoms with E-state index in [2.05, 4.69) is 5.32 Å². The second-order valence-electron chi connectivity index (χ2n) is 9.76. The largest absolute Gasteiger partial charge is 0.495 e. The number of carbonyl (C=O) groups is 2. The molecule has 0 heterocycles. The third-order valence-corrected chi connectivity index (χ3v) is 9.30. The molecular formula is C29H31Cl3N4O7S. The van der Waals surface area contributed by atoms with E-state index < -0.39 is 49.9 Å². The Morgan fingerprint density at radius 2 is 1.70 bits per heavy atom. The summed E-state index contributed by atoms with van der Waals surface area (Å²) in [6.45, 7) is 4.23. The van der Waals surface area contributed by atoms with Crippen molar-refractivity contribution in [2.24, 2.45) is 0 Å². The number of nitro benzene ring substituents is 1. The number of aryl methyl sites for hydroxylation is 1. The van der Waals surface area contributed by atoms with Gasteiger partial charge in [-0.3, -0.25) is 24.0 Å². The summed E-state index contributed by atoms with van der Waals surface area (Å²) in [5, 5.41) is 15.1. The second-order valence-corrected chi connectivity index (χ2v) is 12.9. The maximum absolute atomic E-state index is 14.2. The molecule has 0 aliphatic rings. The number of rotatable bonds is 13. The summed E-state index contributed by atoms with van der Waals surface area (Å²) >= 11 is 18.7. The Kier molecular flexibility index (Phi) is 11.8. The number of sulfonamides is 1. The van der Waals surface area contributed by atoms with Crippen LogP contribution in [0, 0.1) is 17.0 Å². The number of hydrogen-bond donors (Lipinski definition) is 1. The Morgan fingerprint density at radius 3 is 2.32 bits per heavy atom. The standard InChI is InChI=1S/C29H31Cl3N4O7S/c1-5-12-33-29(38)19(3)34(16-20-7-8-21(30)13-24(20)32)28(37)17-35(26-14-22(31)9-11-27(26)43-4)44(41,42)23-10-6-18(2)25(15-23)36(39)40/h6-11,13-15,19H,5,12,16-17H2,1-4H3,(H,33,38)/t19-/m0/s1. The van der Waals surface area contributed by atoms with E-state index in [0.29, 0.717) is 23.6 Å². The van der Waals surface area contributed by atoms with Gasteiger partial charge in [0.05, 0.1) is 22.6 Å². The molecule has 15 heteroatoms. The zero-order chi connectivity index (χ0) is 32.8. The third kappa shape index (κ3) is 8.12. The normalized spacial score (nSPS) is 11.9. The molecule has 0 saturated heterocycles. The van der Waals surface area contributed by atoms with Crippen molar-refractivity contribution in [2.75, 3.05) is 24.5 Å². The highest BCUT2D eigenvalue weighted by atomic mass is 35.5. The van der Waals surface area contributed by atoms with Crippen molar-refractivity contribution in [3.05, 3.63) is 90.9 Å². The van der Waals surface area contributed by atoms with E-state index in [0.717, 1.165) is 10.4 Å². The SMILES string of the molecule is CCCNC(=O)[C@H](C)N(Cc1ccc(Cl)cc1Cl)C(=O)CN(c1cc(Cl)ccc1OC)S(=O)(=O)c1ccc(C)c([N+](=O)[O-])c1. The molecule has 0 spiro atoms. The number of anilines is 1. The molecule has 236 valence electrons. The van der Waals surface area contributed by atoms with Gasteiger partial charge in [0, 0.05) is 39.8 Å². The first-order chi connectivity index (χ1) is 20.7. The minimum Gasteiger partial charge on any atom is -0.495 e. The van der Waals surface area contributed by atoms with Crippen LogP contribution in [0.2, 0.25) is 15.1 Å². The molecule has 0 aliphatic heterocycles. The molecule has 0 unspecified atom stereocenters. The Labute approximate surface area is 270 Å². The fourth-order valence-electron chi connectivity index (χ4n) is 4.26. The minimum atomic E-state index is -4.65. The van der Waals surface area contributed by atoms with E-state index in [1.807, 2.05) is 6.92 Å². The first-order valence-electron chi connectivity index (χ1n) is 13.3. The van der Waals surface area contributed by atoms with Crippen LogP contribution in [0.3, 0.4) is 0 Å². The summed E-state index contributed by atoms with van der Waals surface area (Å²) in [7, 11) is -3.34. The average molecular weight is 686 g/mol. The monoisotopic (exact) mass is 684 g/mol. The van der Waals surface area contributed by atoms with E-state index in [4.69, 9.17) is 39.5 Å². The fourth-order valence-corrected chi connectivity index (χ4v) is 6.33. The van der Waals surface area contributed by atoms with Crippen molar-refractivity contribution in [1.82, 2.24) is 10.2 Å². The first kappa shape index (κ1) is 34.9. The van der Waals surface area contributed by atoms with Crippen molar-refractivity contribution in [2.45, 2.75) is 44.7 Å². The molecule has 1 atom stereocenters. The second kappa shape index (κ2) is 14.9. The van der Waals surface area contributed by atoms with Crippen molar-refractivity contribution < 1.29 is 27.7 Å². The van der Waals surface area contributed by atoms with E-state index in [9.17, 15) is 28.1 Å². The number of ether oxygens (including phenoxy) is 1. The highest BCUT2D eigenvalue weighted by Gasteiger charge is 2.35. The smallest absolute Gasteiger partial charge is 0.273 e. The molecule has 3 aromatic carbocycles. The van der Waals surface area contributed by atoms with Gasteiger partial charge in [-0.25, -0.2) is 8.42 Å². The molecule has 3 aromatic rings. The van der Waals surface area contributed by atoms with Gasteiger partial charge in [-0.2, -0.15) is 0 Å². The minimum absolute atomic E-state index is 0.0634. The Hall–Kier alpha value is -3.58. The number of benzene rings is 3. The molecule has 0 fully saturated rings. The number of hydrogen-bond acceptors (Lipinski definition) is 7. The van der Waals surface area contributed by atoms with Crippen LogP contribution in [0.15, 0.2) is 59.5 Å². The van der Waals surface area contributed by atoms with Crippen molar-refractivity contribution >= 4 is 68.0 Å². The van der Waals surface area contributed by atoms with Crippen LogP contribution < -0.4 is 14.4 Å². The zero-order valence-corrected chi connectivity index (χ0v) is 27.4. The molecule has 0 bridgehead atoms. The van der Waals surface area contributed by atoms with Gasteiger partial charge in [0.15, 0.2) is 0 Å². The molecule has 1 N–H and O–H groups in total. The number of amides is 2. The number of carbonyl (C=O) groups excluding carboxylic acids is 2. The molecule has 0 aliphatic carbocycles. The van der Waals surface area contributed by atoms with Gasteiger partial charge in [0.1, 0.15) is 18.3 Å². The lowest BCUT2D eigenvalue weighted by atomic mass is 10.1.